The van der Waals surface area contributed by atoms with Crippen molar-refractivity contribution in [3.63, 3.8) is 0 Å². The molecular weight excluding hydrogens is 494 g/mol. The van der Waals surface area contributed by atoms with E-state index >= 15 is 0 Å². The van der Waals surface area contributed by atoms with Crippen LogP contribution in [0.2, 0.25) is 0 Å². The van der Waals surface area contributed by atoms with Crippen molar-refractivity contribution in [3.05, 3.63) is 102 Å². The number of para-hydroxylation sites is 3. The zero-order valence-electron chi connectivity index (χ0n) is 22.3. The lowest BCUT2D eigenvalue weighted by Gasteiger charge is -2.27. The molecule has 1 heterocycles. The monoisotopic (exact) mass is 525 g/mol. The first-order chi connectivity index (χ1) is 18.8. The van der Waals surface area contributed by atoms with Gasteiger partial charge in [0.15, 0.2) is 6.61 Å². The summed E-state index contributed by atoms with van der Waals surface area (Å²) in [6.07, 6.45) is 2.56. The third-order valence-electron chi connectivity index (χ3n) is 6.40. The van der Waals surface area contributed by atoms with Gasteiger partial charge in [0.1, 0.15) is 12.3 Å². The molecule has 0 bridgehead atoms. The van der Waals surface area contributed by atoms with Crippen LogP contribution in [0.15, 0.2) is 90.5 Å². The normalized spacial score (nSPS) is 12.1. The fourth-order valence-corrected chi connectivity index (χ4v) is 4.30. The van der Waals surface area contributed by atoms with E-state index in [1.165, 1.54) is 9.80 Å². The molecule has 0 saturated heterocycles. The maximum atomic E-state index is 13.6. The Kier molecular flexibility index (Phi) is 8.56. The number of carbonyl (C=O) groups excluding carboxylic acids is 4. The maximum absolute atomic E-state index is 13.6. The van der Waals surface area contributed by atoms with E-state index in [0.29, 0.717) is 24.4 Å². The molecule has 0 spiro atoms. The highest BCUT2D eigenvalue weighted by molar-refractivity contribution is 6.22. The minimum atomic E-state index is -0.493. The van der Waals surface area contributed by atoms with Crippen molar-refractivity contribution in [1.29, 1.82) is 0 Å². The van der Waals surface area contributed by atoms with Crippen LogP contribution in [0, 0.1) is 0 Å². The Labute approximate surface area is 228 Å². The molecule has 0 aliphatic carbocycles. The highest BCUT2D eigenvalue weighted by atomic mass is 16.5. The van der Waals surface area contributed by atoms with Crippen LogP contribution in [0.5, 0.6) is 5.75 Å². The molecule has 1 aliphatic rings. The third kappa shape index (κ3) is 6.23. The van der Waals surface area contributed by atoms with Crippen molar-refractivity contribution in [3.8, 4) is 5.75 Å². The minimum Gasteiger partial charge on any atom is -0.482 e. The Hall–Kier alpha value is -4.72. The molecule has 0 aromatic heterocycles. The highest BCUT2D eigenvalue weighted by Gasteiger charge is 2.37. The van der Waals surface area contributed by atoms with Crippen LogP contribution < -0.4 is 14.5 Å². The van der Waals surface area contributed by atoms with Gasteiger partial charge in [0.25, 0.3) is 17.7 Å². The lowest BCUT2D eigenvalue weighted by atomic mass is 10.1. The average Bonchev–Trinajstić information content (AvgIpc) is 3.19. The van der Waals surface area contributed by atoms with E-state index in [2.05, 4.69) is 0 Å². The Bertz CT molecular complexity index is 1380. The first-order valence-corrected chi connectivity index (χ1v) is 12.7. The first kappa shape index (κ1) is 27.3. The topological polar surface area (TPSA) is 87.2 Å². The number of rotatable bonds is 10. The van der Waals surface area contributed by atoms with Gasteiger partial charge in [0.05, 0.1) is 16.8 Å². The molecule has 4 amide bonds. The van der Waals surface area contributed by atoms with Crippen molar-refractivity contribution < 1.29 is 23.9 Å². The Morgan fingerprint density at radius 1 is 0.821 bits per heavy atom. The summed E-state index contributed by atoms with van der Waals surface area (Å²) in [6, 6.07) is 22.7. The minimum absolute atomic E-state index is 0.239. The van der Waals surface area contributed by atoms with E-state index < -0.39 is 24.3 Å². The molecule has 0 unspecified atom stereocenters. The second-order valence-electron chi connectivity index (χ2n) is 9.40. The molecule has 39 heavy (non-hydrogen) atoms. The van der Waals surface area contributed by atoms with E-state index in [9.17, 15) is 19.2 Å². The maximum Gasteiger partial charge on any atom is 0.264 e. The van der Waals surface area contributed by atoms with Gasteiger partial charge in [-0.1, -0.05) is 54.1 Å². The second-order valence-corrected chi connectivity index (χ2v) is 9.40. The fourth-order valence-electron chi connectivity index (χ4n) is 4.30. The summed E-state index contributed by atoms with van der Waals surface area (Å²) < 4.78 is 5.92. The lowest BCUT2D eigenvalue weighted by molar-refractivity contribution is -0.120. The average molecular weight is 526 g/mol. The van der Waals surface area contributed by atoms with Crippen LogP contribution in [0.1, 0.15) is 41.0 Å². The van der Waals surface area contributed by atoms with E-state index in [-0.39, 0.29) is 23.6 Å². The summed E-state index contributed by atoms with van der Waals surface area (Å²) in [5.41, 5.74) is 2.87. The zero-order valence-corrected chi connectivity index (χ0v) is 22.3. The van der Waals surface area contributed by atoms with E-state index in [1.54, 1.807) is 55.6 Å². The van der Waals surface area contributed by atoms with Gasteiger partial charge in [-0.15, -0.1) is 0 Å². The first-order valence-electron chi connectivity index (χ1n) is 12.7. The molecule has 0 radical (unpaired) electrons. The number of fused-ring (bicyclic) bond motifs is 1. The summed E-state index contributed by atoms with van der Waals surface area (Å²) in [6.45, 7) is 3.58. The number of carbonyl (C=O) groups is 4. The molecule has 0 N–H and O–H groups in total. The van der Waals surface area contributed by atoms with Gasteiger partial charge in [0, 0.05) is 19.3 Å². The molecule has 3 aromatic carbocycles. The van der Waals surface area contributed by atoms with Gasteiger partial charge in [0.2, 0.25) is 5.91 Å². The molecule has 1 aliphatic heterocycles. The molecule has 0 atom stereocenters. The number of hydrogen-bond acceptors (Lipinski definition) is 5. The van der Waals surface area contributed by atoms with Crippen molar-refractivity contribution in [2.24, 2.45) is 0 Å². The van der Waals surface area contributed by atoms with Crippen LogP contribution in [-0.4, -0.2) is 55.3 Å². The van der Waals surface area contributed by atoms with Gasteiger partial charge in [-0.2, -0.15) is 0 Å². The standard InChI is InChI=1S/C31H31N3O5/c1-22(2)12-11-19-33(28(35)20-34-30(37)24-15-7-8-16-25(24)31(34)38)26-17-9-10-18-27(26)39-21-29(36)32(3)23-13-5-4-6-14-23/h4-10,12-18H,11,19-21H2,1-3H3. The molecule has 200 valence electrons. The summed E-state index contributed by atoms with van der Waals surface area (Å²) in [5.74, 6) is -1.33. The van der Waals surface area contributed by atoms with Crippen molar-refractivity contribution in [1.82, 2.24) is 4.90 Å². The SMILES string of the molecule is CC(C)=CCCN(C(=O)CN1C(=O)c2ccccc2C1=O)c1ccccc1OCC(=O)N(C)c1ccccc1. The molecule has 3 aromatic rings. The molecule has 8 heteroatoms. The smallest absolute Gasteiger partial charge is 0.264 e. The number of anilines is 2. The second kappa shape index (κ2) is 12.2. The van der Waals surface area contributed by atoms with Crippen LogP contribution in [0.4, 0.5) is 11.4 Å². The van der Waals surface area contributed by atoms with E-state index in [4.69, 9.17) is 4.74 Å². The number of imide groups is 1. The predicted octanol–water partition coefficient (Wildman–Crippen LogP) is 4.71. The van der Waals surface area contributed by atoms with Crippen molar-refractivity contribution in [2.75, 3.05) is 36.5 Å². The van der Waals surface area contributed by atoms with E-state index in [1.807, 2.05) is 50.3 Å². The van der Waals surface area contributed by atoms with Crippen LogP contribution in [-0.2, 0) is 9.59 Å². The Morgan fingerprint density at radius 3 is 2.05 bits per heavy atom. The number of amides is 4. The summed E-state index contributed by atoms with van der Waals surface area (Å²) in [7, 11) is 1.67. The van der Waals surface area contributed by atoms with Gasteiger partial charge in [-0.3, -0.25) is 24.1 Å². The van der Waals surface area contributed by atoms with Gasteiger partial charge >= 0.3 is 0 Å². The van der Waals surface area contributed by atoms with Crippen LogP contribution in [0.25, 0.3) is 0 Å². The van der Waals surface area contributed by atoms with Crippen LogP contribution >= 0.6 is 0 Å². The number of likely N-dealkylation sites (N-methyl/N-ethyl adjacent to an activating group) is 1. The zero-order chi connectivity index (χ0) is 27.9. The van der Waals surface area contributed by atoms with Crippen LogP contribution in [0.3, 0.4) is 0 Å². The molecule has 0 fully saturated rings. The quantitative estimate of drug-likeness (QED) is 0.283. The summed E-state index contributed by atoms with van der Waals surface area (Å²) in [4.78, 5) is 56.2. The van der Waals surface area contributed by atoms with Crippen molar-refractivity contribution in [2.45, 2.75) is 20.3 Å². The van der Waals surface area contributed by atoms with Gasteiger partial charge in [-0.25, -0.2) is 0 Å². The number of nitrogens with zero attached hydrogens (tertiary/aromatic N) is 3. The molecule has 8 nitrogen and oxygen atoms in total. The largest absolute Gasteiger partial charge is 0.482 e. The molecule has 0 saturated carbocycles. The lowest BCUT2D eigenvalue weighted by Crippen LogP contribution is -2.43. The number of ether oxygens (including phenoxy) is 1. The molecule has 4 rings (SSSR count). The summed E-state index contributed by atoms with van der Waals surface area (Å²) >= 11 is 0. The predicted molar refractivity (Wildman–Crippen MR) is 150 cm³/mol. The Morgan fingerprint density at radius 2 is 1.41 bits per heavy atom. The fraction of sp³-hybridized carbons (Fsp3) is 0.226. The van der Waals surface area contributed by atoms with E-state index in [0.717, 1.165) is 16.2 Å². The van der Waals surface area contributed by atoms with Gasteiger partial charge in [-0.05, 0) is 56.7 Å². The highest BCUT2D eigenvalue weighted by Crippen LogP contribution is 2.30. The number of allylic oxidation sites excluding steroid dienone is 1. The van der Waals surface area contributed by atoms with Crippen molar-refractivity contribution >= 4 is 35.0 Å². The number of hydrogen-bond donors (Lipinski definition) is 0. The third-order valence-corrected chi connectivity index (χ3v) is 6.40. The number of benzene rings is 3. The summed E-state index contributed by atoms with van der Waals surface area (Å²) in [5, 5.41) is 0. The molecular formula is C31H31N3O5. The van der Waals surface area contributed by atoms with Gasteiger partial charge < -0.3 is 14.5 Å². The Balaban J connectivity index is 1.54.